The molecule has 0 amide bonds. The number of para-hydroxylation sites is 2. The summed E-state index contributed by atoms with van der Waals surface area (Å²) in [6.45, 7) is 14.0. The van der Waals surface area contributed by atoms with E-state index in [1.807, 2.05) is 6.20 Å². The van der Waals surface area contributed by atoms with Gasteiger partial charge in [0.15, 0.2) is 0 Å². The Kier molecular flexibility index (Phi) is 9.72. The Bertz CT molecular complexity index is 2850. The van der Waals surface area contributed by atoms with Gasteiger partial charge in [0.2, 0.25) is 0 Å². The molecular weight excluding hydrogens is 904 g/mol. The number of rotatable bonds is 6. The van der Waals surface area contributed by atoms with Crippen molar-refractivity contribution in [1.82, 2.24) is 9.55 Å². The van der Waals surface area contributed by atoms with E-state index in [-0.39, 0.29) is 43.9 Å². The molecule has 4 heterocycles. The zero-order valence-corrected chi connectivity index (χ0v) is 36.5. The van der Waals surface area contributed by atoms with Crippen molar-refractivity contribution in [2.45, 2.75) is 64.3 Å². The van der Waals surface area contributed by atoms with Crippen LogP contribution in [0.15, 0.2) is 151 Å². The topological polar surface area (TPSA) is 42.6 Å². The summed E-state index contributed by atoms with van der Waals surface area (Å²) in [7, 11) is 0. The van der Waals surface area contributed by atoms with Gasteiger partial charge in [-0.3, -0.25) is 4.99 Å². The molecule has 2 aromatic heterocycles. The molecule has 2 aliphatic heterocycles. The Labute approximate surface area is 361 Å². The fourth-order valence-electron chi connectivity index (χ4n) is 9.13. The van der Waals surface area contributed by atoms with Crippen molar-refractivity contribution in [3.63, 3.8) is 0 Å². The van der Waals surface area contributed by atoms with E-state index >= 15 is 0 Å². The summed E-state index contributed by atoms with van der Waals surface area (Å²) in [5.41, 5.74) is 12.9. The number of anilines is 3. The Morgan fingerprint density at radius 2 is 1.42 bits per heavy atom. The molecular formula is C53H46N4OPt. The van der Waals surface area contributed by atoms with E-state index in [1.54, 1.807) is 0 Å². The second-order valence-corrected chi connectivity index (χ2v) is 17.3. The van der Waals surface area contributed by atoms with Crippen LogP contribution in [-0.4, -0.2) is 28.1 Å². The average molecular weight is 950 g/mol. The van der Waals surface area contributed by atoms with Crippen LogP contribution in [0.5, 0.6) is 0 Å². The van der Waals surface area contributed by atoms with Crippen molar-refractivity contribution in [3.8, 4) is 5.82 Å². The summed E-state index contributed by atoms with van der Waals surface area (Å²) in [4.78, 5) is 12.6. The fraction of sp³-hybridized carbons (Fsp3) is 0.208. The molecule has 8 aromatic rings. The minimum Gasteiger partial charge on any atom is -0.518 e. The summed E-state index contributed by atoms with van der Waals surface area (Å²) in [5, 5.41) is 2.34. The van der Waals surface area contributed by atoms with Gasteiger partial charge >= 0.3 is 21.1 Å². The standard InChI is InChI=1S/C53H46N4O.Pt/c1-34-27-37(51-55-44(33-58-51)50(35-17-9-7-10-18-35)36-19-11-8-12-20-36)29-39(28-34)56-46-24-16-14-22-42(46)53(5,6)43-31-41-40-21-13-15-23-45(40)57(47(41)32-48(43)56)49-30-38(25-26-54-49)52(2,3)4;/h7-28,30-31,44,50H,33H2,1-6H3;/q-2;+2/t44-;/m0./s1. The summed E-state index contributed by atoms with van der Waals surface area (Å²) in [6.07, 6.45) is 1.93. The number of hydrogen-bond donors (Lipinski definition) is 0. The van der Waals surface area contributed by atoms with Crippen molar-refractivity contribution >= 4 is 44.8 Å². The van der Waals surface area contributed by atoms with Gasteiger partial charge in [-0.1, -0.05) is 155 Å². The van der Waals surface area contributed by atoms with Crippen LogP contribution in [0.25, 0.3) is 27.6 Å². The Morgan fingerprint density at radius 1 is 0.746 bits per heavy atom. The number of benzene rings is 6. The number of ether oxygens (including phenoxy) is 1. The van der Waals surface area contributed by atoms with Crippen LogP contribution in [-0.2, 0) is 36.6 Å². The van der Waals surface area contributed by atoms with E-state index in [0.29, 0.717) is 12.5 Å². The molecule has 0 radical (unpaired) electrons. The maximum atomic E-state index is 6.52. The van der Waals surface area contributed by atoms with Gasteiger partial charge in [0.25, 0.3) is 0 Å². The second kappa shape index (κ2) is 14.8. The molecule has 0 saturated heterocycles. The molecule has 294 valence electrons. The zero-order chi connectivity index (χ0) is 39.8. The first kappa shape index (κ1) is 38.7. The molecule has 0 N–H and O–H groups in total. The SMILES string of the molecule is Cc1cc(C2=N[C@H](C(c3ccccc3)c3ccccc3)CO2)[c-]c(N2c3[c-]c4c(cc3C(C)(C)c3ccccc32)c2ccccc2n4-c2cc(C(C)(C)C)ccn2)c1.[Pt+2]. The fourth-order valence-corrected chi connectivity index (χ4v) is 9.13. The number of aliphatic imine (C=N–C) groups is 1. The molecule has 0 bridgehead atoms. The first-order chi connectivity index (χ1) is 28.1. The van der Waals surface area contributed by atoms with Crippen molar-refractivity contribution in [1.29, 1.82) is 0 Å². The normalized spacial score (nSPS) is 15.7. The van der Waals surface area contributed by atoms with Gasteiger partial charge in [-0.05, 0) is 68.4 Å². The predicted molar refractivity (Wildman–Crippen MR) is 237 cm³/mol. The van der Waals surface area contributed by atoms with Crippen LogP contribution in [0.1, 0.15) is 79.5 Å². The molecule has 0 saturated carbocycles. The summed E-state index contributed by atoms with van der Waals surface area (Å²) in [5.74, 6) is 1.58. The van der Waals surface area contributed by atoms with Crippen LogP contribution < -0.4 is 4.90 Å². The van der Waals surface area contributed by atoms with E-state index in [9.17, 15) is 0 Å². The van der Waals surface area contributed by atoms with E-state index in [1.165, 1.54) is 33.2 Å². The van der Waals surface area contributed by atoms with Gasteiger partial charge in [-0.15, -0.1) is 40.8 Å². The van der Waals surface area contributed by atoms with Crippen LogP contribution in [0.3, 0.4) is 0 Å². The monoisotopic (exact) mass is 949 g/mol. The van der Waals surface area contributed by atoms with Gasteiger partial charge < -0.3 is 14.2 Å². The van der Waals surface area contributed by atoms with Crippen molar-refractivity contribution < 1.29 is 25.8 Å². The first-order valence-electron chi connectivity index (χ1n) is 20.3. The molecule has 1 atom stereocenters. The predicted octanol–water partition coefficient (Wildman–Crippen LogP) is 12.5. The Hall–Kier alpha value is -5.77. The largest absolute Gasteiger partial charge is 2.00 e. The number of hydrogen-bond acceptors (Lipinski definition) is 4. The Morgan fingerprint density at radius 3 is 2.15 bits per heavy atom. The van der Waals surface area contributed by atoms with Crippen molar-refractivity contribution in [2.24, 2.45) is 4.99 Å². The van der Waals surface area contributed by atoms with E-state index in [2.05, 4.69) is 203 Å². The molecule has 6 heteroatoms. The van der Waals surface area contributed by atoms with Gasteiger partial charge in [0, 0.05) is 23.3 Å². The molecule has 59 heavy (non-hydrogen) atoms. The van der Waals surface area contributed by atoms with Gasteiger partial charge in [-0.2, -0.15) is 6.07 Å². The van der Waals surface area contributed by atoms with Gasteiger partial charge in [0.05, 0.1) is 12.6 Å². The molecule has 0 spiro atoms. The summed E-state index contributed by atoms with van der Waals surface area (Å²) >= 11 is 0. The minimum absolute atomic E-state index is 0. The Balaban J connectivity index is 0.00000449. The maximum absolute atomic E-state index is 6.52. The molecule has 0 unspecified atom stereocenters. The van der Waals surface area contributed by atoms with E-state index in [4.69, 9.17) is 14.7 Å². The van der Waals surface area contributed by atoms with E-state index in [0.717, 1.165) is 50.4 Å². The molecule has 0 fully saturated rings. The van der Waals surface area contributed by atoms with Crippen molar-refractivity contribution in [2.75, 3.05) is 11.5 Å². The van der Waals surface area contributed by atoms with Crippen molar-refractivity contribution in [3.05, 3.63) is 197 Å². The molecule has 6 aromatic carbocycles. The summed E-state index contributed by atoms with van der Waals surface area (Å²) in [6, 6.07) is 57.6. The third-order valence-corrected chi connectivity index (χ3v) is 12.1. The third-order valence-electron chi connectivity index (χ3n) is 12.1. The summed E-state index contributed by atoms with van der Waals surface area (Å²) < 4.78 is 8.80. The molecule has 5 nitrogen and oxygen atoms in total. The van der Waals surface area contributed by atoms with Crippen LogP contribution >= 0.6 is 0 Å². The average Bonchev–Trinajstić information content (AvgIpc) is 3.84. The molecule has 2 aliphatic rings. The minimum atomic E-state index is -0.302. The second-order valence-electron chi connectivity index (χ2n) is 17.3. The smallest absolute Gasteiger partial charge is 0.518 e. The quantitative estimate of drug-likeness (QED) is 0.156. The zero-order valence-electron chi connectivity index (χ0n) is 34.2. The first-order valence-corrected chi connectivity index (χ1v) is 20.3. The number of pyridine rings is 1. The third kappa shape index (κ3) is 6.61. The van der Waals surface area contributed by atoms with Crippen LogP contribution in [0, 0.1) is 19.1 Å². The van der Waals surface area contributed by atoms with Crippen LogP contribution in [0.2, 0.25) is 0 Å². The molecule has 0 aliphatic carbocycles. The molecule has 10 rings (SSSR count). The maximum Gasteiger partial charge on any atom is 2.00 e. The number of aryl methyl sites for hydroxylation is 1. The van der Waals surface area contributed by atoms with Gasteiger partial charge in [0.1, 0.15) is 11.7 Å². The van der Waals surface area contributed by atoms with Gasteiger partial charge in [-0.25, -0.2) is 4.98 Å². The number of nitrogens with zero attached hydrogens (tertiary/aromatic N) is 4. The van der Waals surface area contributed by atoms with E-state index < -0.39 is 0 Å². The van der Waals surface area contributed by atoms with Crippen LogP contribution in [0.4, 0.5) is 17.1 Å². The number of fused-ring (bicyclic) bond motifs is 5. The number of aromatic nitrogens is 2.